The number of rotatable bonds is 12. The van der Waals surface area contributed by atoms with Crippen molar-refractivity contribution in [1.29, 1.82) is 0 Å². The molecule has 1 saturated carbocycles. The summed E-state index contributed by atoms with van der Waals surface area (Å²) in [5, 5.41) is 12.6. The smallest absolute Gasteiger partial charge is 0.281 e. The first-order valence-electron chi connectivity index (χ1n) is 13.9. The predicted octanol–water partition coefficient (Wildman–Crippen LogP) is 3.42. The van der Waals surface area contributed by atoms with Crippen LogP contribution in [-0.4, -0.2) is 103 Å². The molecule has 0 spiro atoms. The van der Waals surface area contributed by atoms with Crippen LogP contribution in [-0.2, 0) is 14.8 Å². The fourth-order valence-electron chi connectivity index (χ4n) is 5.08. The van der Waals surface area contributed by atoms with Crippen LogP contribution in [0.5, 0.6) is 5.75 Å². The van der Waals surface area contributed by atoms with Crippen LogP contribution >= 0.6 is 23.5 Å². The van der Waals surface area contributed by atoms with Gasteiger partial charge in [-0.05, 0) is 43.0 Å². The van der Waals surface area contributed by atoms with Gasteiger partial charge in [0.05, 0.1) is 35.3 Å². The van der Waals surface area contributed by atoms with E-state index in [1.165, 1.54) is 16.6 Å². The topological polar surface area (TPSA) is 120 Å². The lowest BCUT2D eigenvalue weighted by Crippen LogP contribution is -2.46. The van der Waals surface area contributed by atoms with Crippen LogP contribution in [0.15, 0.2) is 52.6 Å². The van der Waals surface area contributed by atoms with Gasteiger partial charge < -0.3 is 19.6 Å². The molecule has 1 aliphatic carbocycles. The zero-order valence-corrected chi connectivity index (χ0v) is 25.4. The minimum Gasteiger partial charge on any atom is -0.491 e. The first kappa shape index (κ1) is 28.8. The van der Waals surface area contributed by atoms with E-state index in [9.17, 15) is 13.5 Å². The van der Waals surface area contributed by atoms with Crippen molar-refractivity contribution in [3.8, 4) is 5.75 Å². The number of ether oxygens (including phenoxy) is 2. The lowest BCUT2D eigenvalue weighted by molar-refractivity contribution is 0.0117. The third kappa shape index (κ3) is 6.40. The zero-order valence-electron chi connectivity index (χ0n) is 22.9. The molecule has 2 aromatic heterocycles. The highest BCUT2D eigenvalue weighted by atomic mass is 32.2. The van der Waals surface area contributed by atoms with Crippen LogP contribution in [0.25, 0.3) is 10.9 Å². The van der Waals surface area contributed by atoms with Gasteiger partial charge in [0.15, 0.2) is 5.03 Å². The van der Waals surface area contributed by atoms with E-state index in [0.29, 0.717) is 49.2 Å². The number of nitrogens with zero attached hydrogens (tertiary/aromatic N) is 4. The molecule has 2 aliphatic heterocycles. The molecule has 1 aromatic carbocycles. The van der Waals surface area contributed by atoms with Crippen LogP contribution in [0.4, 0.5) is 5.69 Å². The number of sulfonamides is 1. The first-order chi connectivity index (χ1) is 19.9. The largest absolute Gasteiger partial charge is 0.491 e. The van der Waals surface area contributed by atoms with Gasteiger partial charge in [-0.2, -0.15) is 20.2 Å². The molecule has 41 heavy (non-hydrogen) atoms. The standard InChI is InChI=1S/C28H35N5O5S3/c1-37-10-11-38-21-14-20-15-22(27-30-17-24(40-27)28(34)32-8-12-39-13-9-32)31-26(20)23(16-21)33(18-19-5-6-19)41(35,36)25-4-2-3-7-29-25/h2-4,7,14-16,19,24,28,31,34H,5-6,8-13,17-18H2,1H3. The predicted molar refractivity (Wildman–Crippen MR) is 165 cm³/mol. The highest BCUT2D eigenvalue weighted by molar-refractivity contribution is 8.15. The number of anilines is 1. The molecule has 2 unspecified atom stereocenters. The van der Waals surface area contributed by atoms with E-state index < -0.39 is 16.3 Å². The van der Waals surface area contributed by atoms with Gasteiger partial charge in [-0.3, -0.25) is 14.2 Å². The Bertz CT molecular complexity index is 1490. The molecule has 6 rings (SSSR count). The van der Waals surface area contributed by atoms with Crippen molar-refractivity contribution in [2.75, 3.05) is 62.3 Å². The third-order valence-corrected chi connectivity index (χ3v) is 11.4. The Morgan fingerprint density at radius 1 is 1.20 bits per heavy atom. The number of hydrogen-bond donors (Lipinski definition) is 2. The van der Waals surface area contributed by atoms with E-state index in [4.69, 9.17) is 14.5 Å². The number of pyridine rings is 1. The maximum absolute atomic E-state index is 14.0. The summed E-state index contributed by atoms with van der Waals surface area (Å²) in [5.74, 6) is 2.91. The van der Waals surface area contributed by atoms with Crippen molar-refractivity contribution in [3.05, 3.63) is 48.3 Å². The Morgan fingerprint density at radius 2 is 2.02 bits per heavy atom. The van der Waals surface area contributed by atoms with Gasteiger partial charge in [0, 0.05) is 55.9 Å². The Morgan fingerprint density at radius 3 is 2.76 bits per heavy atom. The second-order valence-electron chi connectivity index (χ2n) is 10.4. The second kappa shape index (κ2) is 12.5. The van der Waals surface area contributed by atoms with Gasteiger partial charge in [0.2, 0.25) is 0 Å². The molecule has 0 amide bonds. The minimum absolute atomic E-state index is 0.00921. The molecule has 13 heteroatoms. The van der Waals surface area contributed by atoms with Crippen molar-refractivity contribution < 1.29 is 23.0 Å². The molecule has 0 bridgehead atoms. The molecule has 10 nitrogen and oxygen atoms in total. The van der Waals surface area contributed by atoms with E-state index in [0.717, 1.165) is 53.6 Å². The van der Waals surface area contributed by atoms with Crippen molar-refractivity contribution in [1.82, 2.24) is 14.9 Å². The summed E-state index contributed by atoms with van der Waals surface area (Å²) in [6.45, 7) is 3.40. The normalized spacial score (nSPS) is 20.7. The fourth-order valence-corrected chi connectivity index (χ4v) is 8.61. The SMILES string of the molecule is COCCOc1cc(N(CC2CC2)S(=O)(=O)c2ccccn2)c2[nH]c(C3=NCC(C(O)N4CCSCC4)S3)cc2c1. The van der Waals surface area contributed by atoms with Crippen LogP contribution in [0, 0.1) is 5.92 Å². The molecule has 4 heterocycles. The highest BCUT2D eigenvalue weighted by Crippen LogP contribution is 2.40. The van der Waals surface area contributed by atoms with Crippen LogP contribution < -0.4 is 9.04 Å². The van der Waals surface area contributed by atoms with Gasteiger partial charge in [-0.25, -0.2) is 4.98 Å². The van der Waals surface area contributed by atoms with Gasteiger partial charge >= 0.3 is 0 Å². The number of aromatic amines is 1. The monoisotopic (exact) mass is 617 g/mol. The molecular weight excluding hydrogens is 583 g/mol. The van der Waals surface area contributed by atoms with Gasteiger partial charge in [-0.1, -0.05) is 17.8 Å². The van der Waals surface area contributed by atoms with E-state index in [-0.39, 0.29) is 10.3 Å². The second-order valence-corrected chi connectivity index (χ2v) is 14.7. The zero-order chi connectivity index (χ0) is 28.4. The fraction of sp³-hybridized carbons (Fsp3) is 0.500. The number of aliphatic imine (C=N–C) groups is 1. The number of benzene rings is 1. The quantitative estimate of drug-likeness (QED) is 0.295. The third-order valence-electron chi connectivity index (χ3n) is 7.48. The van der Waals surface area contributed by atoms with E-state index in [2.05, 4.69) is 14.9 Å². The maximum atomic E-state index is 14.0. The number of aromatic nitrogens is 2. The molecule has 3 aliphatic rings. The molecule has 2 N–H and O–H groups in total. The molecule has 2 fully saturated rings. The minimum atomic E-state index is -3.94. The molecule has 2 atom stereocenters. The van der Waals surface area contributed by atoms with Crippen molar-refractivity contribution in [3.63, 3.8) is 0 Å². The average molecular weight is 618 g/mol. The van der Waals surface area contributed by atoms with Crippen molar-refractivity contribution in [2.45, 2.75) is 29.3 Å². The summed E-state index contributed by atoms with van der Waals surface area (Å²) >= 11 is 3.49. The van der Waals surface area contributed by atoms with E-state index in [1.54, 1.807) is 37.1 Å². The maximum Gasteiger partial charge on any atom is 0.281 e. The summed E-state index contributed by atoms with van der Waals surface area (Å²) in [6.07, 6.45) is 2.92. The van der Waals surface area contributed by atoms with E-state index >= 15 is 0 Å². The lowest BCUT2D eigenvalue weighted by atomic mass is 10.2. The average Bonchev–Trinajstić information content (AvgIpc) is 3.50. The molecule has 1 saturated heterocycles. The lowest BCUT2D eigenvalue weighted by Gasteiger charge is -2.33. The molecule has 3 aromatic rings. The Hall–Kier alpha value is -2.29. The van der Waals surface area contributed by atoms with Crippen molar-refractivity contribution in [2.24, 2.45) is 10.9 Å². The Kier molecular flexibility index (Phi) is 8.80. The number of H-pyrrole nitrogens is 1. The highest BCUT2D eigenvalue weighted by Gasteiger charge is 2.36. The Balaban J connectivity index is 1.35. The summed E-state index contributed by atoms with van der Waals surface area (Å²) in [6, 6.07) is 10.6. The van der Waals surface area contributed by atoms with Crippen molar-refractivity contribution >= 4 is 55.2 Å². The molecule has 0 radical (unpaired) electrons. The number of aliphatic hydroxyl groups is 1. The number of methoxy groups -OCH3 is 1. The van der Waals surface area contributed by atoms with Gasteiger partial charge in [0.25, 0.3) is 10.0 Å². The van der Waals surface area contributed by atoms with Crippen LogP contribution in [0.1, 0.15) is 18.5 Å². The summed E-state index contributed by atoms with van der Waals surface area (Å²) < 4.78 is 40.6. The summed E-state index contributed by atoms with van der Waals surface area (Å²) in [5.41, 5.74) is 2.01. The number of thioether (sulfide) groups is 2. The van der Waals surface area contributed by atoms with E-state index in [1.807, 2.05) is 23.9 Å². The number of hydrogen-bond acceptors (Lipinski definition) is 10. The van der Waals surface area contributed by atoms with Crippen LogP contribution in [0.2, 0.25) is 0 Å². The molecule has 220 valence electrons. The molecular formula is C28H35N5O5S3. The Labute approximate surface area is 248 Å². The number of aliphatic hydroxyl groups excluding tert-OH is 1. The number of fused-ring (bicyclic) bond motifs is 1. The summed E-state index contributed by atoms with van der Waals surface area (Å²) in [7, 11) is -2.33. The summed E-state index contributed by atoms with van der Waals surface area (Å²) in [4.78, 5) is 14.6. The van der Waals surface area contributed by atoms with Crippen LogP contribution in [0.3, 0.4) is 0 Å². The number of nitrogens with one attached hydrogen (secondary N) is 1. The van der Waals surface area contributed by atoms with Gasteiger partial charge in [0.1, 0.15) is 23.6 Å². The van der Waals surface area contributed by atoms with Gasteiger partial charge in [-0.15, -0.1) is 0 Å². The first-order valence-corrected chi connectivity index (χ1v) is 17.3.